The van der Waals surface area contributed by atoms with Crippen molar-refractivity contribution in [1.82, 2.24) is 5.32 Å². The van der Waals surface area contributed by atoms with E-state index in [1.54, 1.807) is 0 Å². The molecule has 0 saturated heterocycles. The van der Waals surface area contributed by atoms with Crippen molar-refractivity contribution in [2.45, 2.75) is 53.2 Å². The Balaban J connectivity index is 2.68. The van der Waals surface area contributed by atoms with Gasteiger partial charge in [-0.1, -0.05) is 39.0 Å². The Morgan fingerprint density at radius 1 is 1.26 bits per heavy atom. The van der Waals surface area contributed by atoms with Crippen molar-refractivity contribution in [2.75, 3.05) is 0 Å². The maximum absolute atomic E-state index is 12.2. The van der Waals surface area contributed by atoms with Gasteiger partial charge in [0.15, 0.2) is 6.10 Å². The smallest absolute Gasteiger partial charge is 0.261 e. The number of para-hydroxylation sites is 1. The van der Waals surface area contributed by atoms with Crippen LogP contribution in [0.3, 0.4) is 0 Å². The number of benzene rings is 1. The predicted octanol–water partition coefficient (Wildman–Crippen LogP) is 3.31. The summed E-state index contributed by atoms with van der Waals surface area (Å²) in [5.41, 5.74) is 1.05. The minimum Gasteiger partial charge on any atom is -0.480 e. The molecular weight excluding hydrogens is 238 g/mol. The van der Waals surface area contributed by atoms with E-state index in [2.05, 4.69) is 19.2 Å². The zero-order chi connectivity index (χ0) is 14.4. The highest BCUT2D eigenvalue weighted by molar-refractivity contribution is 5.81. The third kappa shape index (κ3) is 4.58. The largest absolute Gasteiger partial charge is 0.480 e. The van der Waals surface area contributed by atoms with E-state index in [1.807, 2.05) is 45.0 Å². The van der Waals surface area contributed by atoms with E-state index < -0.39 is 6.10 Å². The van der Waals surface area contributed by atoms with Crippen LogP contribution in [0.2, 0.25) is 0 Å². The first-order valence-corrected chi connectivity index (χ1v) is 6.98. The quantitative estimate of drug-likeness (QED) is 0.855. The Bertz CT molecular complexity index is 415. The number of carbonyl (C=O) groups is 1. The number of carbonyl (C=O) groups excluding carboxylic acids is 1. The highest BCUT2D eigenvalue weighted by atomic mass is 16.5. The molecule has 0 radical (unpaired) electrons. The molecule has 2 atom stereocenters. The van der Waals surface area contributed by atoms with Crippen LogP contribution in [0.25, 0.3) is 0 Å². The van der Waals surface area contributed by atoms with E-state index in [0.29, 0.717) is 12.3 Å². The molecule has 0 unspecified atom stereocenters. The van der Waals surface area contributed by atoms with Gasteiger partial charge in [0.05, 0.1) is 0 Å². The SMILES string of the molecule is CC[C@H](Oc1ccccc1C)C(=O)N[C@@H](C)C(C)C. The molecule has 0 aliphatic rings. The van der Waals surface area contributed by atoms with Crippen LogP contribution in [0.4, 0.5) is 0 Å². The fourth-order valence-electron chi connectivity index (χ4n) is 1.65. The molecule has 0 fully saturated rings. The number of hydrogen-bond donors (Lipinski definition) is 1. The average molecular weight is 263 g/mol. The van der Waals surface area contributed by atoms with Gasteiger partial charge in [-0.25, -0.2) is 0 Å². The Morgan fingerprint density at radius 2 is 1.89 bits per heavy atom. The summed E-state index contributed by atoms with van der Waals surface area (Å²) in [5.74, 6) is 1.16. The van der Waals surface area contributed by atoms with Gasteiger partial charge >= 0.3 is 0 Å². The van der Waals surface area contributed by atoms with E-state index in [0.717, 1.165) is 11.3 Å². The Hall–Kier alpha value is -1.51. The Labute approximate surface area is 116 Å². The van der Waals surface area contributed by atoms with E-state index in [-0.39, 0.29) is 11.9 Å². The summed E-state index contributed by atoms with van der Waals surface area (Å²) in [6.45, 7) is 10.1. The number of amides is 1. The molecule has 1 N–H and O–H groups in total. The van der Waals surface area contributed by atoms with E-state index >= 15 is 0 Å². The first kappa shape index (κ1) is 15.5. The van der Waals surface area contributed by atoms with Crippen molar-refractivity contribution in [3.8, 4) is 5.75 Å². The Kier molecular flexibility index (Phi) is 5.87. The molecule has 1 aromatic rings. The van der Waals surface area contributed by atoms with Gasteiger partial charge < -0.3 is 10.1 Å². The topological polar surface area (TPSA) is 38.3 Å². The molecule has 1 aromatic carbocycles. The van der Waals surface area contributed by atoms with Crippen molar-refractivity contribution in [3.05, 3.63) is 29.8 Å². The number of hydrogen-bond acceptors (Lipinski definition) is 2. The van der Waals surface area contributed by atoms with Crippen LogP contribution in [0.15, 0.2) is 24.3 Å². The van der Waals surface area contributed by atoms with Gasteiger partial charge in [0.2, 0.25) is 0 Å². The minimum atomic E-state index is -0.428. The molecule has 0 spiro atoms. The van der Waals surface area contributed by atoms with Gasteiger partial charge in [-0.05, 0) is 37.8 Å². The second-order valence-electron chi connectivity index (χ2n) is 5.32. The summed E-state index contributed by atoms with van der Waals surface area (Å²) >= 11 is 0. The van der Waals surface area contributed by atoms with Crippen LogP contribution in [0.5, 0.6) is 5.75 Å². The third-order valence-corrected chi connectivity index (χ3v) is 3.40. The summed E-state index contributed by atoms with van der Waals surface area (Å²) in [7, 11) is 0. The number of ether oxygens (including phenoxy) is 1. The standard InChI is InChI=1S/C16H25NO2/c1-6-14(16(18)17-13(5)11(2)3)19-15-10-8-7-9-12(15)4/h7-11,13-14H,6H2,1-5H3,(H,17,18)/t13-,14-/m0/s1. The van der Waals surface area contributed by atoms with Crippen molar-refractivity contribution in [2.24, 2.45) is 5.92 Å². The summed E-state index contributed by atoms with van der Waals surface area (Å²) in [4.78, 5) is 12.2. The highest BCUT2D eigenvalue weighted by Crippen LogP contribution is 2.19. The second-order valence-corrected chi connectivity index (χ2v) is 5.32. The van der Waals surface area contributed by atoms with Crippen LogP contribution in [0, 0.1) is 12.8 Å². The summed E-state index contributed by atoms with van der Waals surface area (Å²) in [6, 6.07) is 7.92. The summed E-state index contributed by atoms with van der Waals surface area (Å²) in [6.07, 6.45) is 0.229. The van der Waals surface area contributed by atoms with Gasteiger partial charge in [-0.3, -0.25) is 4.79 Å². The van der Waals surface area contributed by atoms with Crippen molar-refractivity contribution in [1.29, 1.82) is 0 Å². The van der Waals surface area contributed by atoms with Crippen LogP contribution in [-0.2, 0) is 4.79 Å². The minimum absolute atomic E-state index is 0.0352. The van der Waals surface area contributed by atoms with Crippen LogP contribution in [0.1, 0.15) is 39.7 Å². The van der Waals surface area contributed by atoms with Crippen molar-refractivity contribution >= 4 is 5.91 Å². The summed E-state index contributed by atoms with van der Waals surface area (Å²) < 4.78 is 5.82. The van der Waals surface area contributed by atoms with E-state index in [1.165, 1.54) is 0 Å². The molecule has 0 aliphatic carbocycles. The maximum atomic E-state index is 12.2. The predicted molar refractivity (Wildman–Crippen MR) is 78.3 cm³/mol. The van der Waals surface area contributed by atoms with E-state index in [9.17, 15) is 4.79 Å². The molecule has 3 heteroatoms. The van der Waals surface area contributed by atoms with Gasteiger partial charge in [-0.2, -0.15) is 0 Å². The molecule has 0 aromatic heterocycles. The molecule has 1 rings (SSSR count). The lowest BCUT2D eigenvalue weighted by molar-refractivity contribution is -0.129. The molecule has 3 nitrogen and oxygen atoms in total. The second kappa shape index (κ2) is 7.17. The maximum Gasteiger partial charge on any atom is 0.261 e. The number of nitrogens with one attached hydrogen (secondary N) is 1. The highest BCUT2D eigenvalue weighted by Gasteiger charge is 2.21. The third-order valence-electron chi connectivity index (χ3n) is 3.40. The lowest BCUT2D eigenvalue weighted by atomic mass is 10.1. The fraction of sp³-hybridized carbons (Fsp3) is 0.562. The molecule has 106 valence electrons. The van der Waals surface area contributed by atoms with Crippen LogP contribution >= 0.6 is 0 Å². The lowest BCUT2D eigenvalue weighted by Gasteiger charge is -2.23. The number of aryl methyl sites for hydroxylation is 1. The first-order valence-electron chi connectivity index (χ1n) is 6.98. The van der Waals surface area contributed by atoms with Crippen LogP contribution < -0.4 is 10.1 Å². The lowest BCUT2D eigenvalue weighted by Crippen LogP contribution is -2.44. The van der Waals surface area contributed by atoms with Crippen molar-refractivity contribution in [3.63, 3.8) is 0 Å². The molecular formula is C16H25NO2. The van der Waals surface area contributed by atoms with E-state index in [4.69, 9.17) is 4.74 Å². The van der Waals surface area contributed by atoms with Gasteiger partial charge in [-0.15, -0.1) is 0 Å². The molecule has 19 heavy (non-hydrogen) atoms. The molecule has 0 heterocycles. The Morgan fingerprint density at radius 3 is 2.42 bits per heavy atom. The molecule has 0 bridgehead atoms. The van der Waals surface area contributed by atoms with Gasteiger partial charge in [0.1, 0.15) is 5.75 Å². The number of rotatable bonds is 6. The first-order chi connectivity index (χ1) is 8.95. The molecule has 0 aliphatic heterocycles. The molecule has 1 amide bonds. The van der Waals surface area contributed by atoms with Gasteiger partial charge in [0.25, 0.3) is 5.91 Å². The van der Waals surface area contributed by atoms with Crippen molar-refractivity contribution < 1.29 is 9.53 Å². The molecule has 0 saturated carbocycles. The zero-order valence-corrected chi connectivity index (χ0v) is 12.6. The summed E-state index contributed by atoms with van der Waals surface area (Å²) in [5, 5.41) is 3.01. The monoisotopic (exact) mass is 263 g/mol. The zero-order valence-electron chi connectivity index (χ0n) is 12.6. The van der Waals surface area contributed by atoms with Gasteiger partial charge in [0, 0.05) is 6.04 Å². The average Bonchev–Trinajstić information content (AvgIpc) is 2.37. The normalized spacial score (nSPS) is 14.0. The van der Waals surface area contributed by atoms with Crippen LogP contribution in [-0.4, -0.2) is 18.1 Å². The fourth-order valence-corrected chi connectivity index (χ4v) is 1.65.